The number of hydrogen-bond donors (Lipinski definition) is 4. The lowest BCUT2D eigenvalue weighted by molar-refractivity contribution is -0.146. The number of aliphatic imine (C=N–C) groups is 1. The molecule has 0 saturated carbocycles. The Hall–Kier alpha value is -3.57. The fraction of sp³-hybridized carbons (Fsp3) is 0.500. The van der Waals surface area contributed by atoms with Crippen molar-refractivity contribution in [3.05, 3.63) is 53.9 Å². The number of nitrogens with one attached hydrogen (secondary N) is 1. The number of aliphatic hydroxyl groups is 2. The fourth-order valence-corrected chi connectivity index (χ4v) is 6.01. The molecule has 0 amide bonds. The summed E-state index contributed by atoms with van der Waals surface area (Å²) in [5.74, 6) is -0.219. The summed E-state index contributed by atoms with van der Waals surface area (Å²) in [6.45, 7) is 8.53. The van der Waals surface area contributed by atoms with Gasteiger partial charge in [-0.3, -0.25) is 14.3 Å². The van der Waals surface area contributed by atoms with E-state index in [2.05, 4.69) is 21.9 Å². The predicted molar refractivity (Wildman–Crippen MR) is 158 cm³/mol. The molecule has 1 saturated heterocycles. The summed E-state index contributed by atoms with van der Waals surface area (Å²) in [5, 5.41) is 38.5. The van der Waals surface area contributed by atoms with Crippen LogP contribution in [0.1, 0.15) is 45.0 Å². The Bertz CT molecular complexity index is 1370. The molecule has 0 bridgehead atoms. The molecule has 1 aliphatic heterocycles. The molecule has 14 nitrogen and oxygen atoms in total. The Morgan fingerprint density at radius 3 is 2.53 bits per heavy atom. The molecule has 0 spiro atoms. The highest BCUT2D eigenvalue weighted by molar-refractivity contribution is 7.52. The van der Waals surface area contributed by atoms with Crippen LogP contribution in [0.5, 0.6) is 5.75 Å². The Morgan fingerprint density at radius 2 is 1.95 bits per heavy atom. The highest BCUT2D eigenvalue weighted by atomic mass is 31.2. The molecule has 1 unspecified atom stereocenters. The Kier molecular flexibility index (Phi) is 11.6. The van der Waals surface area contributed by atoms with Crippen LogP contribution >= 0.6 is 7.75 Å². The van der Waals surface area contributed by atoms with Crippen LogP contribution in [0.15, 0.2) is 52.6 Å². The van der Waals surface area contributed by atoms with Gasteiger partial charge in [0.15, 0.2) is 0 Å². The lowest BCUT2D eigenvalue weighted by Crippen LogP contribution is -2.41. The number of nitrogens with zero attached hydrogens (tertiary/aromatic N) is 4. The number of aromatic nitrogens is 1. The largest absolute Gasteiger partial charge is 0.464 e. The normalized spacial score (nSPS) is 24.2. The van der Waals surface area contributed by atoms with E-state index in [0.29, 0.717) is 0 Å². The van der Waals surface area contributed by atoms with E-state index in [0.717, 1.165) is 12.8 Å². The third-order valence-electron chi connectivity index (χ3n) is 7.20. The summed E-state index contributed by atoms with van der Waals surface area (Å²) in [6.07, 6.45) is -3.15. The molecule has 6 atom stereocenters. The monoisotopic (exact) mass is 618 g/mol. The molecule has 1 aliphatic rings. The SMILES string of the molecule is C=Nn1c(C(N)=NC)ccc1[C@]1(C#N)O[C@H](COP(=O)(N[C@@H](C)C(=O)OCC(CC)CC)Oc2ccccc2)[C@@H](O)[C@H]1O. The van der Waals surface area contributed by atoms with Crippen molar-refractivity contribution in [1.82, 2.24) is 9.76 Å². The predicted octanol–water partition coefficient (Wildman–Crippen LogP) is 2.29. The van der Waals surface area contributed by atoms with Crippen LogP contribution < -0.4 is 15.3 Å². The Morgan fingerprint density at radius 1 is 1.28 bits per heavy atom. The van der Waals surface area contributed by atoms with Gasteiger partial charge in [0, 0.05) is 13.8 Å². The van der Waals surface area contributed by atoms with Crippen molar-refractivity contribution >= 4 is 26.3 Å². The molecular weight excluding hydrogens is 579 g/mol. The van der Waals surface area contributed by atoms with Gasteiger partial charge in [-0.2, -0.15) is 15.5 Å². The molecule has 1 fully saturated rings. The van der Waals surface area contributed by atoms with E-state index in [1.165, 1.54) is 30.8 Å². The number of para-hydroxylation sites is 1. The zero-order valence-corrected chi connectivity index (χ0v) is 25.5. The van der Waals surface area contributed by atoms with Crippen LogP contribution in [0, 0.1) is 17.2 Å². The van der Waals surface area contributed by atoms with Crippen molar-refractivity contribution in [3.63, 3.8) is 0 Å². The molecule has 15 heteroatoms. The van der Waals surface area contributed by atoms with Crippen molar-refractivity contribution in [2.24, 2.45) is 21.7 Å². The molecule has 1 aromatic heterocycles. The number of benzene rings is 1. The summed E-state index contributed by atoms with van der Waals surface area (Å²) in [7, 11) is -2.87. The van der Waals surface area contributed by atoms with E-state index >= 15 is 0 Å². The van der Waals surface area contributed by atoms with Gasteiger partial charge >= 0.3 is 13.7 Å². The van der Waals surface area contributed by atoms with Gasteiger partial charge in [-0.1, -0.05) is 44.9 Å². The summed E-state index contributed by atoms with van der Waals surface area (Å²) in [6, 6.07) is 11.9. The second-order valence-corrected chi connectivity index (χ2v) is 11.7. The van der Waals surface area contributed by atoms with Gasteiger partial charge in [0.25, 0.3) is 0 Å². The van der Waals surface area contributed by atoms with Crippen molar-refractivity contribution in [2.45, 2.75) is 63.6 Å². The highest BCUT2D eigenvalue weighted by Crippen LogP contribution is 2.47. The third kappa shape index (κ3) is 7.51. The van der Waals surface area contributed by atoms with Gasteiger partial charge in [-0.05, 0) is 37.1 Å². The highest BCUT2D eigenvalue weighted by Gasteiger charge is 2.58. The van der Waals surface area contributed by atoms with E-state index < -0.39 is 50.3 Å². The Labute approximate surface area is 250 Å². The van der Waals surface area contributed by atoms with Gasteiger partial charge in [0.05, 0.1) is 18.9 Å². The maximum absolute atomic E-state index is 13.9. The Balaban J connectivity index is 1.84. The lowest BCUT2D eigenvalue weighted by Gasteiger charge is -2.26. The van der Waals surface area contributed by atoms with E-state index in [9.17, 15) is 24.8 Å². The number of amidine groups is 1. The average molecular weight is 619 g/mol. The standard InChI is InChI=1S/C28H39N6O8P/c1-6-19(7-2)15-39-27(37)18(3)33-43(38,42-20-11-9-8-10-12-20)40-16-22-24(35)25(36)28(17-29,41-22)23-14-13-21(26(30)31-4)34(23)32-5/h8-14,18-19,22,24-25,35-36H,5-7,15-16H2,1-4H3,(H2,30,31)(H,33,38)/t18-,22+,24+,25+,28-,43?/m0/s1. The number of nitriles is 1. The first-order chi connectivity index (χ1) is 20.5. The molecule has 0 aliphatic carbocycles. The first-order valence-electron chi connectivity index (χ1n) is 13.8. The molecule has 2 heterocycles. The molecule has 2 aromatic rings. The van der Waals surface area contributed by atoms with Crippen LogP contribution in [-0.2, 0) is 29.0 Å². The minimum atomic E-state index is -4.33. The smallest absolute Gasteiger partial charge is 0.459 e. The fourth-order valence-electron chi connectivity index (χ4n) is 4.51. The van der Waals surface area contributed by atoms with E-state index in [4.69, 9.17) is 24.3 Å². The first-order valence-corrected chi connectivity index (χ1v) is 15.3. The lowest BCUT2D eigenvalue weighted by atomic mass is 9.92. The molecule has 43 heavy (non-hydrogen) atoms. The summed E-state index contributed by atoms with van der Waals surface area (Å²) < 4.78 is 37.7. The van der Waals surface area contributed by atoms with Crippen molar-refractivity contribution < 1.29 is 38.1 Å². The number of esters is 1. The van der Waals surface area contributed by atoms with Crippen molar-refractivity contribution in [1.29, 1.82) is 5.26 Å². The first kappa shape index (κ1) is 33.9. The maximum Gasteiger partial charge on any atom is 0.459 e. The van der Waals surface area contributed by atoms with Crippen LogP contribution in [0.4, 0.5) is 0 Å². The number of ether oxygens (including phenoxy) is 2. The molecule has 234 valence electrons. The zero-order chi connectivity index (χ0) is 31.8. The second kappa shape index (κ2) is 14.7. The van der Waals surface area contributed by atoms with E-state index in [-0.39, 0.29) is 35.5 Å². The topological polar surface area (TPSA) is 203 Å². The summed E-state index contributed by atoms with van der Waals surface area (Å²) in [5.41, 5.74) is 4.10. The third-order valence-corrected chi connectivity index (χ3v) is 8.85. The summed E-state index contributed by atoms with van der Waals surface area (Å²) >= 11 is 0. The number of rotatable bonds is 15. The van der Waals surface area contributed by atoms with Crippen LogP contribution in [0.25, 0.3) is 0 Å². The molecular formula is C28H39N6O8P. The quantitative estimate of drug-likeness (QED) is 0.0987. The van der Waals surface area contributed by atoms with Crippen molar-refractivity contribution in [2.75, 3.05) is 20.3 Å². The van der Waals surface area contributed by atoms with Crippen LogP contribution in [-0.4, -0.2) is 78.0 Å². The zero-order valence-electron chi connectivity index (χ0n) is 24.6. The molecule has 3 rings (SSSR count). The number of nitrogens with two attached hydrogens (primary N) is 1. The van der Waals surface area contributed by atoms with Gasteiger partial charge in [0.1, 0.15) is 47.7 Å². The second-order valence-electron chi connectivity index (χ2n) is 9.97. The van der Waals surface area contributed by atoms with Gasteiger partial charge in [-0.25, -0.2) is 9.24 Å². The van der Waals surface area contributed by atoms with Gasteiger partial charge in [-0.15, -0.1) is 0 Å². The van der Waals surface area contributed by atoms with Crippen LogP contribution in [0.2, 0.25) is 0 Å². The number of carbonyl (C=O) groups is 1. The summed E-state index contributed by atoms with van der Waals surface area (Å²) in [4.78, 5) is 16.6. The van der Waals surface area contributed by atoms with Gasteiger partial charge in [0.2, 0.25) is 5.60 Å². The number of carbonyl (C=O) groups excluding carboxylic acids is 1. The van der Waals surface area contributed by atoms with Crippen LogP contribution in [0.3, 0.4) is 0 Å². The number of aliphatic hydroxyl groups excluding tert-OH is 2. The minimum Gasteiger partial charge on any atom is -0.464 e. The number of hydrogen-bond acceptors (Lipinski definition) is 11. The average Bonchev–Trinajstić information content (AvgIpc) is 3.55. The molecule has 5 N–H and O–H groups in total. The molecule has 0 radical (unpaired) electrons. The maximum atomic E-state index is 13.9. The molecule has 1 aromatic carbocycles. The van der Waals surface area contributed by atoms with Crippen molar-refractivity contribution in [3.8, 4) is 11.8 Å². The van der Waals surface area contributed by atoms with Gasteiger partial charge < -0.3 is 29.9 Å². The van der Waals surface area contributed by atoms with E-state index in [1.54, 1.807) is 30.3 Å². The van der Waals surface area contributed by atoms with E-state index in [1.807, 2.05) is 19.9 Å². The minimum absolute atomic E-state index is 0.0244.